The van der Waals surface area contributed by atoms with Gasteiger partial charge >= 0.3 is 0 Å². The van der Waals surface area contributed by atoms with Crippen molar-refractivity contribution in [1.82, 2.24) is 14.9 Å². The molecule has 4 rings (SSSR count). The molecule has 3 aromatic rings. The number of nitro groups is 1. The molecule has 0 saturated carbocycles. The number of piperazine rings is 1. The van der Waals surface area contributed by atoms with Crippen LogP contribution in [0.3, 0.4) is 0 Å². The van der Waals surface area contributed by atoms with Gasteiger partial charge in [-0.3, -0.25) is 14.9 Å². The molecule has 0 radical (unpaired) electrons. The molecule has 194 valence electrons. The Morgan fingerprint density at radius 3 is 2.41 bits per heavy atom. The molecule has 0 atom stereocenters. The van der Waals surface area contributed by atoms with E-state index in [1.54, 1.807) is 18.2 Å². The maximum atomic E-state index is 13.2. The topological polar surface area (TPSA) is 95.7 Å². The molecule has 0 unspecified atom stereocenters. The van der Waals surface area contributed by atoms with Crippen LogP contribution in [0.2, 0.25) is 5.15 Å². The van der Waals surface area contributed by atoms with E-state index in [1.807, 2.05) is 29.2 Å². The number of carbonyl (C=O) groups excluding carboxylic acids is 1. The van der Waals surface area contributed by atoms with Crippen LogP contribution in [0.15, 0.2) is 59.8 Å². The summed E-state index contributed by atoms with van der Waals surface area (Å²) >= 11 is 7.73. The van der Waals surface area contributed by atoms with Gasteiger partial charge < -0.3 is 14.7 Å². The zero-order chi connectivity index (χ0) is 26.4. The number of rotatable bonds is 9. The number of hydrogen-bond donors (Lipinski definition) is 0. The van der Waals surface area contributed by atoms with Gasteiger partial charge in [-0.25, -0.2) is 9.97 Å². The highest BCUT2D eigenvalue weighted by atomic mass is 35.5. The Morgan fingerprint density at radius 2 is 1.76 bits per heavy atom. The van der Waals surface area contributed by atoms with Crippen molar-refractivity contribution in [3.8, 4) is 0 Å². The van der Waals surface area contributed by atoms with E-state index >= 15 is 0 Å². The second kappa shape index (κ2) is 12.2. The summed E-state index contributed by atoms with van der Waals surface area (Å²) < 4.78 is 0. The van der Waals surface area contributed by atoms with Crippen molar-refractivity contribution in [1.29, 1.82) is 0 Å². The summed E-state index contributed by atoms with van der Waals surface area (Å²) in [5, 5.41) is 11.9. The van der Waals surface area contributed by atoms with Gasteiger partial charge in [-0.1, -0.05) is 35.5 Å². The molecule has 9 nitrogen and oxygen atoms in total. The number of thioether (sulfide) groups is 1. The summed E-state index contributed by atoms with van der Waals surface area (Å²) in [5.41, 5.74) is 2.65. The Labute approximate surface area is 225 Å². The number of amides is 1. The van der Waals surface area contributed by atoms with Crippen LogP contribution >= 0.6 is 23.4 Å². The van der Waals surface area contributed by atoms with Crippen LogP contribution in [0.5, 0.6) is 0 Å². The van der Waals surface area contributed by atoms with E-state index in [0.717, 1.165) is 30.2 Å². The van der Waals surface area contributed by atoms with Crippen LogP contribution in [-0.4, -0.2) is 65.0 Å². The number of non-ortho nitro benzene ring substituents is 1. The molecule has 0 bridgehead atoms. The molecule has 1 aromatic heterocycles. The molecule has 1 amide bonds. The Balaban J connectivity index is 1.36. The third-order valence-corrected chi connectivity index (χ3v) is 7.39. The molecule has 1 fully saturated rings. The molecule has 37 heavy (non-hydrogen) atoms. The summed E-state index contributed by atoms with van der Waals surface area (Å²) in [6, 6.07) is 16.0. The van der Waals surface area contributed by atoms with Crippen molar-refractivity contribution in [2.45, 2.75) is 24.8 Å². The number of carbonyl (C=O) groups is 1. The molecule has 2 aromatic carbocycles. The van der Waals surface area contributed by atoms with Gasteiger partial charge in [0.25, 0.3) is 11.6 Å². The molecule has 1 aliphatic rings. The SMILES string of the molecule is CCN(CC)c1cc(Cl)nc(SCc2cccc(C(=O)N3CCN(c4ccc([N+](=O)[O-])cc4)CC3)c2)n1. The Kier molecular flexibility index (Phi) is 8.83. The van der Waals surface area contributed by atoms with E-state index in [-0.39, 0.29) is 11.6 Å². The van der Waals surface area contributed by atoms with Gasteiger partial charge in [0, 0.05) is 74.5 Å². The lowest BCUT2D eigenvalue weighted by Crippen LogP contribution is -2.48. The van der Waals surface area contributed by atoms with Crippen LogP contribution in [0, 0.1) is 10.1 Å². The molecule has 0 N–H and O–H groups in total. The minimum atomic E-state index is -0.404. The van der Waals surface area contributed by atoms with E-state index < -0.39 is 4.92 Å². The predicted molar refractivity (Wildman–Crippen MR) is 148 cm³/mol. The molecule has 1 saturated heterocycles. The summed E-state index contributed by atoms with van der Waals surface area (Å²) in [6.45, 7) is 8.31. The van der Waals surface area contributed by atoms with E-state index in [1.165, 1.54) is 23.9 Å². The quantitative estimate of drug-likeness (QED) is 0.121. The smallest absolute Gasteiger partial charge is 0.269 e. The van der Waals surface area contributed by atoms with E-state index in [4.69, 9.17) is 11.6 Å². The van der Waals surface area contributed by atoms with Gasteiger partial charge in [0.15, 0.2) is 5.16 Å². The van der Waals surface area contributed by atoms with Crippen molar-refractivity contribution in [3.05, 3.63) is 81.0 Å². The van der Waals surface area contributed by atoms with Gasteiger partial charge in [-0.05, 0) is 43.7 Å². The maximum absolute atomic E-state index is 13.2. The van der Waals surface area contributed by atoms with Crippen LogP contribution in [0.25, 0.3) is 0 Å². The highest BCUT2D eigenvalue weighted by molar-refractivity contribution is 7.98. The minimum absolute atomic E-state index is 0.00183. The largest absolute Gasteiger partial charge is 0.368 e. The number of aromatic nitrogens is 2. The summed E-state index contributed by atoms with van der Waals surface area (Å²) in [7, 11) is 0. The first-order valence-corrected chi connectivity index (χ1v) is 13.5. The number of nitro benzene ring substituents is 1. The molecule has 1 aliphatic heterocycles. The van der Waals surface area contributed by atoms with Crippen molar-refractivity contribution >= 4 is 46.5 Å². The van der Waals surface area contributed by atoms with E-state index in [9.17, 15) is 14.9 Å². The molecule has 0 spiro atoms. The Morgan fingerprint density at radius 1 is 1.05 bits per heavy atom. The van der Waals surface area contributed by atoms with Gasteiger partial charge in [0.1, 0.15) is 11.0 Å². The molecule has 2 heterocycles. The highest BCUT2D eigenvalue weighted by Gasteiger charge is 2.23. The van der Waals surface area contributed by atoms with Crippen LogP contribution < -0.4 is 9.80 Å². The van der Waals surface area contributed by atoms with Gasteiger partial charge in [-0.15, -0.1) is 0 Å². The maximum Gasteiger partial charge on any atom is 0.269 e. The van der Waals surface area contributed by atoms with Crippen molar-refractivity contribution in [2.24, 2.45) is 0 Å². The molecular formula is C26H29ClN6O3S. The standard InChI is InChI=1S/C26H29ClN6O3S/c1-3-30(4-2)24-17-23(27)28-26(29-24)37-18-19-6-5-7-20(16-19)25(34)32-14-12-31(13-15-32)21-8-10-22(11-9-21)33(35)36/h5-11,16-17H,3-4,12-15,18H2,1-2H3. The van der Waals surface area contributed by atoms with Crippen molar-refractivity contribution in [3.63, 3.8) is 0 Å². The van der Waals surface area contributed by atoms with Gasteiger partial charge in [0.2, 0.25) is 0 Å². The lowest BCUT2D eigenvalue weighted by atomic mass is 10.1. The first-order chi connectivity index (χ1) is 17.9. The molecule has 0 aliphatic carbocycles. The van der Waals surface area contributed by atoms with Crippen LogP contribution in [-0.2, 0) is 5.75 Å². The predicted octanol–water partition coefficient (Wildman–Crippen LogP) is 5.14. The fraction of sp³-hybridized carbons (Fsp3) is 0.346. The minimum Gasteiger partial charge on any atom is -0.368 e. The normalized spacial score (nSPS) is 13.5. The highest BCUT2D eigenvalue weighted by Crippen LogP contribution is 2.26. The first kappa shape index (κ1) is 26.7. The van der Waals surface area contributed by atoms with E-state index in [2.05, 4.69) is 33.6 Å². The monoisotopic (exact) mass is 540 g/mol. The lowest BCUT2D eigenvalue weighted by Gasteiger charge is -2.36. The summed E-state index contributed by atoms with van der Waals surface area (Å²) in [6.07, 6.45) is 0. The number of hydrogen-bond acceptors (Lipinski definition) is 8. The third kappa shape index (κ3) is 6.69. The van der Waals surface area contributed by atoms with Crippen molar-refractivity contribution in [2.75, 3.05) is 49.1 Å². The Bertz CT molecular complexity index is 1250. The zero-order valence-corrected chi connectivity index (χ0v) is 22.4. The van der Waals surface area contributed by atoms with Crippen LogP contribution in [0.4, 0.5) is 17.2 Å². The number of nitrogens with zero attached hydrogens (tertiary/aromatic N) is 6. The fourth-order valence-corrected chi connectivity index (χ4v) is 5.26. The second-order valence-corrected chi connectivity index (χ2v) is 9.88. The average Bonchev–Trinajstić information content (AvgIpc) is 2.92. The molecule has 11 heteroatoms. The average molecular weight is 541 g/mol. The third-order valence-electron chi connectivity index (χ3n) is 6.28. The second-order valence-electron chi connectivity index (χ2n) is 8.55. The van der Waals surface area contributed by atoms with Gasteiger partial charge in [-0.2, -0.15) is 0 Å². The van der Waals surface area contributed by atoms with Crippen LogP contribution in [0.1, 0.15) is 29.8 Å². The lowest BCUT2D eigenvalue weighted by molar-refractivity contribution is -0.384. The number of anilines is 2. The first-order valence-electron chi connectivity index (χ1n) is 12.2. The Hall–Kier alpha value is -3.37. The zero-order valence-electron chi connectivity index (χ0n) is 20.8. The van der Waals surface area contributed by atoms with Crippen molar-refractivity contribution < 1.29 is 9.72 Å². The van der Waals surface area contributed by atoms with Gasteiger partial charge in [0.05, 0.1) is 4.92 Å². The summed E-state index contributed by atoms with van der Waals surface area (Å²) in [4.78, 5) is 38.8. The number of benzene rings is 2. The summed E-state index contributed by atoms with van der Waals surface area (Å²) in [5.74, 6) is 1.43. The molecular weight excluding hydrogens is 512 g/mol. The fourth-order valence-electron chi connectivity index (χ4n) is 4.24. The van der Waals surface area contributed by atoms with E-state index in [0.29, 0.717) is 47.8 Å². The number of halogens is 1.